The second-order valence-corrected chi connectivity index (χ2v) is 7.13. The van der Waals surface area contributed by atoms with E-state index in [9.17, 15) is 4.79 Å². The molecule has 1 fully saturated rings. The first-order chi connectivity index (χ1) is 12.0. The average molecular weight is 362 g/mol. The Morgan fingerprint density at radius 2 is 2.04 bits per heavy atom. The Morgan fingerprint density at radius 1 is 1.32 bits per heavy atom. The van der Waals surface area contributed by atoms with Gasteiger partial charge in [-0.3, -0.25) is 9.48 Å². The largest absolute Gasteiger partial charge is 0.493 e. The van der Waals surface area contributed by atoms with Crippen molar-refractivity contribution in [2.45, 2.75) is 26.7 Å². The normalized spacial score (nSPS) is 17.6. The topological polar surface area (TPSA) is 47.4 Å². The van der Waals surface area contributed by atoms with Crippen LogP contribution < -0.4 is 4.74 Å². The van der Waals surface area contributed by atoms with E-state index in [4.69, 9.17) is 16.3 Å². The molecular formula is C19H24ClN3O2. The van der Waals surface area contributed by atoms with Gasteiger partial charge in [0.15, 0.2) is 0 Å². The number of aryl methyl sites for hydroxylation is 3. The van der Waals surface area contributed by atoms with Crippen molar-refractivity contribution < 1.29 is 9.53 Å². The summed E-state index contributed by atoms with van der Waals surface area (Å²) in [4.78, 5) is 14.7. The summed E-state index contributed by atoms with van der Waals surface area (Å²) in [6, 6.07) is 8.05. The lowest BCUT2D eigenvalue weighted by Crippen LogP contribution is -2.42. The number of hydrogen-bond acceptors (Lipinski definition) is 3. The minimum atomic E-state index is -0.0480. The van der Waals surface area contributed by atoms with Gasteiger partial charge < -0.3 is 9.64 Å². The standard InChI is InChI=1S/C19H24ClN3O2/c1-13-6-8-16(9-7-13)25-12-15-5-4-10-23(11-15)19(24)18-17(20)14(2)21-22(18)3/h6-9,15H,4-5,10-12H2,1-3H3. The molecule has 1 aliphatic heterocycles. The second-order valence-electron chi connectivity index (χ2n) is 6.76. The molecule has 1 amide bonds. The third-order valence-corrected chi connectivity index (χ3v) is 5.12. The van der Waals surface area contributed by atoms with E-state index in [1.165, 1.54) is 5.56 Å². The number of halogens is 1. The summed E-state index contributed by atoms with van der Waals surface area (Å²) < 4.78 is 7.48. The Kier molecular flexibility index (Phi) is 5.33. The lowest BCUT2D eigenvalue weighted by molar-refractivity contribution is 0.0622. The van der Waals surface area contributed by atoms with Gasteiger partial charge in [0.25, 0.3) is 5.91 Å². The molecule has 2 heterocycles. The van der Waals surface area contributed by atoms with Gasteiger partial charge in [-0.05, 0) is 38.8 Å². The van der Waals surface area contributed by atoms with Crippen LogP contribution in [0.4, 0.5) is 0 Å². The number of aromatic nitrogens is 2. The molecule has 5 nitrogen and oxygen atoms in total. The van der Waals surface area contributed by atoms with E-state index in [0.717, 1.165) is 25.1 Å². The number of hydrogen-bond donors (Lipinski definition) is 0. The average Bonchev–Trinajstić information content (AvgIpc) is 2.86. The SMILES string of the molecule is Cc1ccc(OCC2CCCN(C(=O)c3c(Cl)c(C)nn3C)C2)cc1. The molecule has 0 bridgehead atoms. The minimum Gasteiger partial charge on any atom is -0.493 e. The van der Waals surface area contributed by atoms with E-state index in [2.05, 4.69) is 12.0 Å². The third kappa shape index (κ3) is 3.98. The van der Waals surface area contributed by atoms with Gasteiger partial charge in [0.1, 0.15) is 11.4 Å². The summed E-state index contributed by atoms with van der Waals surface area (Å²) in [5, 5.41) is 4.69. The zero-order chi connectivity index (χ0) is 18.0. The Hall–Kier alpha value is -2.01. The summed E-state index contributed by atoms with van der Waals surface area (Å²) in [6.07, 6.45) is 2.04. The van der Waals surface area contributed by atoms with Gasteiger partial charge in [-0.1, -0.05) is 29.3 Å². The number of benzene rings is 1. The van der Waals surface area contributed by atoms with Crippen molar-refractivity contribution in [2.75, 3.05) is 19.7 Å². The van der Waals surface area contributed by atoms with Crippen LogP contribution in [0.15, 0.2) is 24.3 Å². The van der Waals surface area contributed by atoms with Crippen molar-refractivity contribution in [3.05, 3.63) is 46.2 Å². The maximum atomic E-state index is 12.9. The van der Waals surface area contributed by atoms with Gasteiger partial charge in [-0.25, -0.2) is 0 Å². The molecule has 1 aromatic heterocycles. The molecule has 3 rings (SSSR count). The third-order valence-electron chi connectivity index (χ3n) is 4.66. The number of nitrogens with zero attached hydrogens (tertiary/aromatic N) is 3. The summed E-state index contributed by atoms with van der Waals surface area (Å²) in [7, 11) is 1.76. The van der Waals surface area contributed by atoms with Crippen LogP contribution in [-0.2, 0) is 7.05 Å². The molecule has 0 spiro atoms. The monoisotopic (exact) mass is 361 g/mol. The first kappa shape index (κ1) is 17.8. The van der Waals surface area contributed by atoms with Gasteiger partial charge in [0.05, 0.1) is 17.3 Å². The molecule has 1 aliphatic rings. The van der Waals surface area contributed by atoms with E-state index in [-0.39, 0.29) is 5.91 Å². The van der Waals surface area contributed by atoms with Crippen LogP contribution in [0, 0.1) is 19.8 Å². The van der Waals surface area contributed by atoms with Crippen molar-refractivity contribution in [2.24, 2.45) is 13.0 Å². The number of likely N-dealkylation sites (tertiary alicyclic amines) is 1. The summed E-state index contributed by atoms with van der Waals surface area (Å²) in [5.41, 5.74) is 2.37. The quantitative estimate of drug-likeness (QED) is 0.835. The highest BCUT2D eigenvalue weighted by Gasteiger charge is 2.29. The molecule has 25 heavy (non-hydrogen) atoms. The summed E-state index contributed by atoms with van der Waals surface area (Å²) in [6.45, 7) is 5.92. The Morgan fingerprint density at radius 3 is 2.68 bits per heavy atom. The van der Waals surface area contributed by atoms with Gasteiger partial charge >= 0.3 is 0 Å². The minimum absolute atomic E-state index is 0.0480. The van der Waals surface area contributed by atoms with Gasteiger partial charge in [-0.2, -0.15) is 5.10 Å². The zero-order valence-electron chi connectivity index (χ0n) is 15.0. The fourth-order valence-electron chi connectivity index (χ4n) is 3.25. The number of rotatable bonds is 4. The predicted octanol–water partition coefficient (Wildman–Crippen LogP) is 3.62. The van der Waals surface area contributed by atoms with Crippen LogP contribution in [0.1, 0.15) is 34.6 Å². The number of piperidine rings is 1. The zero-order valence-corrected chi connectivity index (χ0v) is 15.7. The van der Waals surface area contributed by atoms with Crippen LogP contribution in [0.5, 0.6) is 5.75 Å². The Balaban J connectivity index is 1.62. The first-order valence-electron chi connectivity index (χ1n) is 8.63. The lowest BCUT2D eigenvalue weighted by Gasteiger charge is -2.32. The van der Waals surface area contributed by atoms with Crippen LogP contribution in [0.25, 0.3) is 0 Å². The van der Waals surface area contributed by atoms with E-state index in [0.29, 0.717) is 35.5 Å². The fourth-order valence-corrected chi connectivity index (χ4v) is 3.49. The number of ether oxygens (including phenoxy) is 1. The van der Waals surface area contributed by atoms with Crippen LogP contribution in [-0.4, -0.2) is 40.3 Å². The molecule has 0 N–H and O–H groups in total. The summed E-state index contributed by atoms with van der Waals surface area (Å²) >= 11 is 6.26. The van der Waals surface area contributed by atoms with E-state index in [1.54, 1.807) is 11.7 Å². The first-order valence-corrected chi connectivity index (χ1v) is 9.01. The van der Waals surface area contributed by atoms with Crippen LogP contribution in [0.2, 0.25) is 5.02 Å². The second kappa shape index (κ2) is 7.48. The number of carbonyl (C=O) groups is 1. The van der Waals surface area contributed by atoms with Crippen molar-refractivity contribution in [3.8, 4) is 5.75 Å². The molecule has 0 saturated carbocycles. The van der Waals surface area contributed by atoms with E-state index >= 15 is 0 Å². The predicted molar refractivity (Wildman–Crippen MR) is 98.3 cm³/mol. The molecule has 134 valence electrons. The van der Waals surface area contributed by atoms with Gasteiger partial charge in [0, 0.05) is 26.1 Å². The Bertz CT molecular complexity index is 755. The molecule has 1 aromatic carbocycles. The van der Waals surface area contributed by atoms with Crippen molar-refractivity contribution in [3.63, 3.8) is 0 Å². The Labute approximate surface area is 153 Å². The number of amides is 1. The molecule has 6 heteroatoms. The fraction of sp³-hybridized carbons (Fsp3) is 0.474. The molecular weight excluding hydrogens is 338 g/mol. The summed E-state index contributed by atoms with van der Waals surface area (Å²) in [5.74, 6) is 1.15. The van der Waals surface area contributed by atoms with Crippen LogP contribution >= 0.6 is 11.6 Å². The molecule has 1 unspecified atom stereocenters. The van der Waals surface area contributed by atoms with E-state index < -0.39 is 0 Å². The maximum absolute atomic E-state index is 12.9. The smallest absolute Gasteiger partial charge is 0.273 e. The molecule has 1 saturated heterocycles. The lowest BCUT2D eigenvalue weighted by atomic mass is 9.98. The maximum Gasteiger partial charge on any atom is 0.273 e. The molecule has 1 atom stereocenters. The van der Waals surface area contributed by atoms with Crippen molar-refractivity contribution >= 4 is 17.5 Å². The van der Waals surface area contributed by atoms with Gasteiger partial charge in [-0.15, -0.1) is 0 Å². The highest BCUT2D eigenvalue weighted by molar-refractivity contribution is 6.34. The van der Waals surface area contributed by atoms with Gasteiger partial charge in [0.2, 0.25) is 0 Å². The van der Waals surface area contributed by atoms with Crippen molar-refractivity contribution in [1.82, 2.24) is 14.7 Å². The highest BCUT2D eigenvalue weighted by atomic mass is 35.5. The highest BCUT2D eigenvalue weighted by Crippen LogP contribution is 2.25. The molecule has 2 aromatic rings. The van der Waals surface area contributed by atoms with Crippen molar-refractivity contribution in [1.29, 1.82) is 0 Å². The number of carbonyl (C=O) groups excluding carboxylic acids is 1. The molecule has 0 radical (unpaired) electrons. The molecule has 0 aliphatic carbocycles. The van der Waals surface area contributed by atoms with E-state index in [1.807, 2.05) is 36.1 Å². The van der Waals surface area contributed by atoms with Crippen LogP contribution in [0.3, 0.4) is 0 Å².